The van der Waals surface area contributed by atoms with Crippen LogP contribution in [0.2, 0.25) is 0 Å². The van der Waals surface area contributed by atoms with Crippen molar-refractivity contribution < 1.29 is 23.1 Å². The number of rotatable bonds is 4. The summed E-state index contributed by atoms with van der Waals surface area (Å²) in [5.74, 6) is -1.20. The van der Waals surface area contributed by atoms with Crippen molar-refractivity contribution in [1.29, 1.82) is 0 Å². The Morgan fingerprint density at radius 1 is 1.33 bits per heavy atom. The van der Waals surface area contributed by atoms with Crippen LogP contribution in [0.1, 0.15) is 21.7 Å². The lowest BCUT2D eigenvalue weighted by atomic mass is 10.1. The molecule has 110 valence electrons. The largest absolute Gasteiger partial charge is 0.469 e. The molecule has 0 saturated heterocycles. The molecule has 0 fully saturated rings. The van der Waals surface area contributed by atoms with Crippen LogP contribution in [0.25, 0.3) is 0 Å². The van der Waals surface area contributed by atoms with Crippen molar-refractivity contribution in [1.82, 2.24) is 0 Å². The Labute approximate surface area is 120 Å². The number of anilines is 1. The van der Waals surface area contributed by atoms with Gasteiger partial charge in [0.15, 0.2) is 0 Å². The number of nitrogens with one attached hydrogen (secondary N) is 1. The first-order chi connectivity index (χ1) is 10.0. The van der Waals surface area contributed by atoms with Gasteiger partial charge in [0, 0.05) is 5.69 Å². The van der Waals surface area contributed by atoms with Crippen LogP contribution >= 0.6 is 0 Å². The van der Waals surface area contributed by atoms with Crippen molar-refractivity contribution in [2.75, 3.05) is 12.4 Å². The molecular weight excluding hydrogens is 277 g/mol. The van der Waals surface area contributed by atoms with E-state index >= 15 is 0 Å². The van der Waals surface area contributed by atoms with Crippen molar-refractivity contribution in [3.8, 4) is 0 Å². The molecule has 2 aromatic rings. The molecule has 0 spiro atoms. The highest BCUT2D eigenvalue weighted by atomic mass is 19.1. The molecule has 1 aromatic carbocycles. The number of amides is 1. The van der Waals surface area contributed by atoms with E-state index in [1.54, 1.807) is 19.1 Å². The smallest absolute Gasteiger partial charge is 0.313 e. The summed E-state index contributed by atoms with van der Waals surface area (Å²) >= 11 is 0. The molecule has 6 heteroatoms. The molecule has 21 heavy (non-hydrogen) atoms. The van der Waals surface area contributed by atoms with Gasteiger partial charge in [0.25, 0.3) is 5.91 Å². The van der Waals surface area contributed by atoms with E-state index < -0.39 is 17.7 Å². The molecule has 1 N–H and O–H groups in total. The van der Waals surface area contributed by atoms with E-state index in [1.807, 2.05) is 0 Å². The molecule has 0 aliphatic rings. The zero-order chi connectivity index (χ0) is 15.4. The number of benzene rings is 1. The third-order valence-corrected chi connectivity index (χ3v) is 2.95. The summed E-state index contributed by atoms with van der Waals surface area (Å²) in [5, 5.41) is 2.55. The van der Waals surface area contributed by atoms with Gasteiger partial charge < -0.3 is 14.5 Å². The van der Waals surface area contributed by atoms with Gasteiger partial charge in [-0.25, -0.2) is 4.39 Å². The first-order valence-electron chi connectivity index (χ1n) is 6.22. The molecule has 5 nitrogen and oxygen atoms in total. The molecule has 0 radical (unpaired) electrons. The van der Waals surface area contributed by atoms with E-state index in [2.05, 4.69) is 10.1 Å². The maximum Gasteiger partial charge on any atom is 0.313 e. The highest BCUT2D eigenvalue weighted by Crippen LogP contribution is 2.17. The van der Waals surface area contributed by atoms with E-state index in [0.717, 1.165) is 0 Å². The standard InChI is InChI=1S/C15H14FNO4/c1-9-3-4-10(7-12(9)16)17-15(19)11-5-6-21-13(11)8-14(18)20-2/h3-7H,8H2,1-2H3,(H,17,19). The highest BCUT2D eigenvalue weighted by Gasteiger charge is 2.18. The topological polar surface area (TPSA) is 68.5 Å². The summed E-state index contributed by atoms with van der Waals surface area (Å²) < 4.78 is 23.1. The Morgan fingerprint density at radius 2 is 2.10 bits per heavy atom. The predicted molar refractivity (Wildman–Crippen MR) is 73.5 cm³/mol. The minimum Gasteiger partial charge on any atom is -0.469 e. The Balaban J connectivity index is 2.15. The van der Waals surface area contributed by atoms with E-state index in [4.69, 9.17) is 4.42 Å². The highest BCUT2D eigenvalue weighted by molar-refractivity contribution is 6.05. The molecule has 1 heterocycles. The average Bonchev–Trinajstić information content (AvgIpc) is 2.91. The SMILES string of the molecule is COC(=O)Cc1occc1C(=O)Nc1ccc(C)c(F)c1. The Kier molecular flexibility index (Phi) is 4.37. The fourth-order valence-electron chi connectivity index (χ4n) is 1.75. The van der Waals surface area contributed by atoms with Crippen molar-refractivity contribution in [3.05, 3.63) is 53.2 Å². The number of hydrogen-bond donors (Lipinski definition) is 1. The van der Waals surface area contributed by atoms with Crippen LogP contribution in [0.4, 0.5) is 10.1 Å². The van der Waals surface area contributed by atoms with Gasteiger partial charge in [0.1, 0.15) is 18.0 Å². The Hall–Kier alpha value is -2.63. The van der Waals surface area contributed by atoms with E-state index in [0.29, 0.717) is 11.3 Å². The number of methoxy groups -OCH3 is 1. The van der Waals surface area contributed by atoms with Gasteiger partial charge >= 0.3 is 5.97 Å². The van der Waals surface area contributed by atoms with Gasteiger partial charge in [-0.2, -0.15) is 0 Å². The Morgan fingerprint density at radius 3 is 2.76 bits per heavy atom. The second-order valence-electron chi connectivity index (χ2n) is 4.43. The molecule has 0 bridgehead atoms. The van der Waals surface area contributed by atoms with Gasteiger partial charge in [0.2, 0.25) is 0 Å². The average molecular weight is 291 g/mol. The summed E-state index contributed by atoms with van der Waals surface area (Å²) in [4.78, 5) is 23.3. The fourth-order valence-corrected chi connectivity index (χ4v) is 1.75. The molecule has 1 amide bonds. The number of furan rings is 1. The van der Waals surface area contributed by atoms with Crippen molar-refractivity contribution >= 4 is 17.6 Å². The van der Waals surface area contributed by atoms with Crippen LogP contribution in [-0.4, -0.2) is 19.0 Å². The summed E-state index contributed by atoms with van der Waals surface area (Å²) in [6, 6.07) is 5.83. The summed E-state index contributed by atoms with van der Waals surface area (Å²) in [6.07, 6.45) is 1.16. The molecule has 0 aliphatic carbocycles. The van der Waals surface area contributed by atoms with Gasteiger partial charge in [-0.15, -0.1) is 0 Å². The normalized spacial score (nSPS) is 10.2. The van der Waals surface area contributed by atoms with Crippen LogP contribution in [-0.2, 0) is 16.0 Å². The van der Waals surface area contributed by atoms with Gasteiger partial charge in [-0.05, 0) is 30.7 Å². The molecule has 2 rings (SSSR count). The lowest BCUT2D eigenvalue weighted by Crippen LogP contribution is -2.15. The number of esters is 1. The Bertz CT molecular complexity index is 678. The molecular formula is C15H14FNO4. The van der Waals surface area contributed by atoms with Gasteiger partial charge in [-0.1, -0.05) is 6.07 Å². The second-order valence-corrected chi connectivity index (χ2v) is 4.43. The van der Waals surface area contributed by atoms with Crippen LogP contribution in [0.3, 0.4) is 0 Å². The number of carbonyl (C=O) groups excluding carboxylic acids is 2. The second kappa shape index (κ2) is 6.21. The quantitative estimate of drug-likeness (QED) is 0.879. The van der Waals surface area contributed by atoms with E-state index in [-0.39, 0.29) is 17.7 Å². The summed E-state index contributed by atoms with van der Waals surface area (Å²) in [6.45, 7) is 1.63. The van der Waals surface area contributed by atoms with Gasteiger partial charge in [0.05, 0.1) is 18.9 Å². The number of ether oxygens (including phenoxy) is 1. The first-order valence-corrected chi connectivity index (χ1v) is 6.22. The van der Waals surface area contributed by atoms with E-state index in [1.165, 1.54) is 25.5 Å². The number of aryl methyl sites for hydroxylation is 1. The first kappa shape index (κ1) is 14.8. The van der Waals surface area contributed by atoms with Crippen LogP contribution < -0.4 is 5.32 Å². The maximum absolute atomic E-state index is 13.4. The van der Waals surface area contributed by atoms with Gasteiger partial charge in [-0.3, -0.25) is 9.59 Å². The zero-order valence-electron chi connectivity index (χ0n) is 11.6. The van der Waals surface area contributed by atoms with Crippen LogP contribution in [0, 0.1) is 12.7 Å². The van der Waals surface area contributed by atoms with Crippen LogP contribution in [0.15, 0.2) is 34.9 Å². The zero-order valence-corrected chi connectivity index (χ0v) is 11.6. The maximum atomic E-state index is 13.4. The van der Waals surface area contributed by atoms with Crippen LogP contribution in [0.5, 0.6) is 0 Å². The third-order valence-electron chi connectivity index (χ3n) is 2.95. The lowest BCUT2D eigenvalue weighted by Gasteiger charge is -2.06. The minimum atomic E-state index is -0.514. The predicted octanol–water partition coefficient (Wildman–Crippen LogP) is 2.69. The summed E-state index contributed by atoms with van der Waals surface area (Å²) in [7, 11) is 1.25. The minimum absolute atomic E-state index is 0.144. The molecule has 0 aliphatic heterocycles. The molecule has 0 unspecified atom stereocenters. The molecule has 1 aromatic heterocycles. The lowest BCUT2D eigenvalue weighted by molar-refractivity contribution is -0.140. The molecule has 0 atom stereocenters. The molecule has 0 saturated carbocycles. The van der Waals surface area contributed by atoms with Crippen molar-refractivity contribution in [2.45, 2.75) is 13.3 Å². The number of carbonyl (C=O) groups is 2. The number of halogens is 1. The van der Waals surface area contributed by atoms with Crippen molar-refractivity contribution in [3.63, 3.8) is 0 Å². The number of hydrogen-bond acceptors (Lipinski definition) is 4. The third kappa shape index (κ3) is 3.47. The monoisotopic (exact) mass is 291 g/mol. The fraction of sp³-hybridized carbons (Fsp3) is 0.200. The van der Waals surface area contributed by atoms with Crippen molar-refractivity contribution in [2.24, 2.45) is 0 Å². The summed E-state index contributed by atoms with van der Waals surface area (Å²) in [5.41, 5.74) is 1.03. The van der Waals surface area contributed by atoms with E-state index in [9.17, 15) is 14.0 Å².